The van der Waals surface area contributed by atoms with Crippen LogP contribution in [0.3, 0.4) is 0 Å². The highest BCUT2D eigenvalue weighted by Crippen LogP contribution is 1.93. The van der Waals surface area contributed by atoms with Gasteiger partial charge in [-0.1, -0.05) is 23.7 Å². The average molecular weight is 227 g/mol. The summed E-state index contributed by atoms with van der Waals surface area (Å²) < 4.78 is 12.2. The van der Waals surface area contributed by atoms with Crippen molar-refractivity contribution in [2.45, 2.75) is 5.54 Å². The summed E-state index contributed by atoms with van der Waals surface area (Å²) in [4.78, 5) is 0. The lowest BCUT2D eigenvalue weighted by molar-refractivity contribution is 0.0698. The van der Waals surface area contributed by atoms with Crippen molar-refractivity contribution in [1.29, 1.82) is 0 Å². The smallest absolute Gasteiger partial charge is 0.117 e. The first kappa shape index (κ1) is 15.1. The van der Waals surface area contributed by atoms with E-state index in [9.17, 15) is 4.39 Å². The van der Waals surface area contributed by atoms with Crippen molar-refractivity contribution in [3.05, 3.63) is 30.1 Å². The highest BCUT2D eigenvalue weighted by Gasteiger charge is 2.20. The van der Waals surface area contributed by atoms with Gasteiger partial charge in [0.1, 0.15) is 13.7 Å². The number of hydrogen-bond donors (Lipinski definition) is 4. The van der Waals surface area contributed by atoms with E-state index in [-0.39, 0.29) is 11.3 Å². The average Bonchev–Trinajstić information content (AvgIpc) is 2.33. The molecule has 0 aliphatic rings. The summed E-state index contributed by atoms with van der Waals surface area (Å²) in [6.07, 6.45) is 0. The molecule has 2 radical (unpaired) electrons. The van der Waals surface area contributed by atoms with E-state index in [1.54, 1.807) is 12.1 Å². The van der Waals surface area contributed by atoms with E-state index in [2.05, 4.69) is 0 Å². The summed E-state index contributed by atoms with van der Waals surface area (Å²) in [6.45, 7) is -1.21. The van der Waals surface area contributed by atoms with Gasteiger partial charge in [-0.05, 0) is 6.07 Å². The van der Waals surface area contributed by atoms with Crippen LogP contribution in [0.4, 0.5) is 4.39 Å². The number of benzene rings is 1. The molecule has 0 heterocycles. The Labute approximate surface area is 94.9 Å². The van der Waals surface area contributed by atoms with Crippen LogP contribution in [-0.2, 0) is 0 Å². The third-order valence-corrected chi connectivity index (χ3v) is 1.85. The first-order chi connectivity index (χ1) is 7.49. The molecule has 0 spiro atoms. The molecule has 0 bridgehead atoms. The van der Waals surface area contributed by atoms with E-state index in [1.165, 1.54) is 12.1 Å². The fourth-order valence-corrected chi connectivity index (χ4v) is 0.625. The van der Waals surface area contributed by atoms with Crippen LogP contribution in [0.1, 0.15) is 0 Å². The molecular formula is C10H15BFNO3. The van der Waals surface area contributed by atoms with Crippen LogP contribution < -0.4 is 11.2 Å². The Morgan fingerprint density at radius 3 is 1.75 bits per heavy atom. The molecule has 5 N–H and O–H groups in total. The van der Waals surface area contributed by atoms with Crippen LogP contribution in [0.2, 0.25) is 0 Å². The Bertz CT molecular complexity index is 279. The van der Waals surface area contributed by atoms with Gasteiger partial charge in [-0.3, -0.25) is 0 Å². The maximum atomic E-state index is 12.2. The minimum Gasteiger partial charge on any atom is -0.394 e. The predicted octanol–water partition coefficient (Wildman–Crippen LogP) is -1.72. The molecular weight excluding hydrogens is 212 g/mol. The second kappa shape index (κ2) is 7.35. The van der Waals surface area contributed by atoms with Gasteiger partial charge in [-0.2, -0.15) is 0 Å². The fourth-order valence-electron chi connectivity index (χ4n) is 0.625. The molecule has 0 saturated heterocycles. The molecule has 16 heavy (non-hydrogen) atoms. The van der Waals surface area contributed by atoms with Crippen molar-refractivity contribution >= 4 is 13.3 Å². The molecule has 0 atom stereocenters. The maximum Gasteiger partial charge on any atom is 0.117 e. The molecule has 0 unspecified atom stereocenters. The molecule has 0 aliphatic carbocycles. The largest absolute Gasteiger partial charge is 0.394 e. The third kappa shape index (κ3) is 5.23. The van der Waals surface area contributed by atoms with E-state index < -0.39 is 25.4 Å². The van der Waals surface area contributed by atoms with E-state index in [4.69, 9.17) is 28.9 Å². The molecule has 0 fully saturated rings. The number of rotatable bonds is 3. The highest BCUT2D eigenvalue weighted by molar-refractivity contribution is 6.32. The van der Waals surface area contributed by atoms with Crippen LogP contribution in [0.5, 0.6) is 0 Å². The molecule has 0 aliphatic heterocycles. The van der Waals surface area contributed by atoms with Crippen LogP contribution in [0.15, 0.2) is 24.3 Å². The van der Waals surface area contributed by atoms with Gasteiger partial charge < -0.3 is 21.1 Å². The lowest BCUT2D eigenvalue weighted by atomic mass is 9.96. The summed E-state index contributed by atoms with van der Waals surface area (Å²) in [5.74, 6) is -0.354. The number of halogens is 1. The van der Waals surface area contributed by atoms with Gasteiger partial charge in [0.05, 0.1) is 25.4 Å². The normalized spacial score (nSPS) is 10.6. The summed E-state index contributed by atoms with van der Waals surface area (Å²) >= 11 is 0. The van der Waals surface area contributed by atoms with Crippen LogP contribution >= 0.6 is 0 Å². The van der Waals surface area contributed by atoms with E-state index in [0.29, 0.717) is 0 Å². The van der Waals surface area contributed by atoms with Crippen molar-refractivity contribution in [3.8, 4) is 0 Å². The molecule has 6 heteroatoms. The quantitative estimate of drug-likeness (QED) is 0.462. The molecule has 0 aromatic heterocycles. The Balaban J connectivity index is 0.000000281. The molecule has 4 nitrogen and oxygen atoms in total. The van der Waals surface area contributed by atoms with E-state index >= 15 is 0 Å². The first-order valence-electron chi connectivity index (χ1n) is 4.60. The second-order valence-corrected chi connectivity index (χ2v) is 3.36. The van der Waals surface area contributed by atoms with Gasteiger partial charge in [0.15, 0.2) is 0 Å². The summed E-state index contributed by atoms with van der Waals surface area (Å²) in [7, 11) is 5.14. The monoisotopic (exact) mass is 227 g/mol. The van der Waals surface area contributed by atoms with Crippen LogP contribution in [0.25, 0.3) is 0 Å². The lowest BCUT2D eigenvalue weighted by Crippen LogP contribution is -2.50. The summed E-state index contributed by atoms with van der Waals surface area (Å²) in [6, 6.07) is 6.15. The number of hydrogen-bond acceptors (Lipinski definition) is 4. The number of nitrogens with two attached hydrogens (primary N) is 1. The standard InChI is InChI=1S/C6H4BF.C4H11NO3/c7-5-3-1-2-4-6(5)8;5-4(1-6,2-7)3-8/h1-4H;6-8H,1-3,5H2. The Hall–Kier alpha value is -0.945. The number of aliphatic hydroxyl groups excluding tert-OH is 3. The molecule has 1 rings (SSSR count). The molecule has 1 aromatic carbocycles. The fraction of sp³-hybridized carbons (Fsp3) is 0.400. The van der Waals surface area contributed by atoms with Gasteiger partial charge >= 0.3 is 0 Å². The minimum atomic E-state index is -1.21. The zero-order chi connectivity index (χ0) is 12.6. The van der Waals surface area contributed by atoms with Crippen molar-refractivity contribution in [1.82, 2.24) is 0 Å². The summed E-state index contributed by atoms with van der Waals surface area (Å²) in [5, 5.41) is 25.0. The Kier molecular flexibility index (Phi) is 6.91. The predicted molar refractivity (Wildman–Crippen MR) is 60.0 cm³/mol. The van der Waals surface area contributed by atoms with Crippen molar-refractivity contribution in [2.24, 2.45) is 5.73 Å². The van der Waals surface area contributed by atoms with E-state index in [1.807, 2.05) is 0 Å². The number of aliphatic hydroxyl groups is 3. The van der Waals surface area contributed by atoms with Gasteiger partial charge in [0.2, 0.25) is 0 Å². The highest BCUT2D eigenvalue weighted by atomic mass is 19.1. The van der Waals surface area contributed by atoms with Crippen molar-refractivity contribution in [2.75, 3.05) is 19.8 Å². The topological polar surface area (TPSA) is 86.7 Å². The molecule has 0 amide bonds. The van der Waals surface area contributed by atoms with Gasteiger partial charge in [0.25, 0.3) is 0 Å². The molecule has 0 saturated carbocycles. The van der Waals surface area contributed by atoms with Crippen molar-refractivity contribution in [3.63, 3.8) is 0 Å². The van der Waals surface area contributed by atoms with Crippen LogP contribution in [0, 0.1) is 5.82 Å². The Morgan fingerprint density at radius 2 is 1.56 bits per heavy atom. The molecule has 1 aromatic rings. The first-order valence-corrected chi connectivity index (χ1v) is 4.60. The zero-order valence-corrected chi connectivity index (χ0v) is 8.81. The van der Waals surface area contributed by atoms with E-state index in [0.717, 1.165) is 0 Å². The SMILES string of the molecule is NC(CO)(CO)CO.[B]c1ccccc1F. The summed E-state index contributed by atoms with van der Waals surface area (Å²) in [5.41, 5.74) is 4.14. The third-order valence-electron chi connectivity index (χ3n) is 1.85. The molecule has 88 valence electrons. The van der Waals surface area contributed by atoms with Gasteiger partial charge in [0, 0.05) is 0 Å². The van der Waals surface area contributed by atoms with Crippen LogP contribution in [-0.4, -0.2) is 48.5 Å². The Morgan fingerprint density at radius 1 is 1.12 bits per heavy atom. The minimum absolute atomic E-state index is 0.201. The zero-order valence-electron chi connectivity index (χ0n) is 8.81. The lowest BCUT2D eigenvalue weighted by Gasteiger charge is -2.20. The van der Waals surface area contributed by atoms with Gasteiger partial charge in [-0.15, -0.1) is 0 Å². The van der Waals surface area contributed by atoms with Gasteiger partial charge in [-0.25, -0.2) is 4.39 Å². The van der Waals surface area contributed by atoms with Crippen molar-refractivity contribution < 1.29 is 19.7 Å². The second-order valence-electron chi connectivity index (χ2n) is 3.36. The maximum absolute atomic E-state index is 12.2.